The first-order valence-corrected chi connectivity index (χ1v) is 8.99. The van der Waals surface area contributed by atoms with Gasteiger partial charge in [-0.3, -0.25) is 0 Å². The van der Waals surface area contributed by atoms with Crippen molar-refractivity contribution in [2.45, 2.75) is 10.9 Å². The molecule has 1 aromatic heterocycles. The molecule has 1 heterocycles. The van der Waals surface area contributed by atoms with Gasteiger partial charge in [-0.15, -0.1) is 10.2 Å². The monoisotopic (exact) mass is 401 g/mol. The van der Waals surface area contributed by atoms with E-state index in [4.69, 9.17) is 34.8 Å². The summed E-state index contributed by atoms with van der Waals surface area (Å²) in [5.74, 6) is 0.843. The van der Waals surface area contributed by atoms with Crippen molar-refractivity contribution in [3.8, 4) is 11.4 Å². The van der Waals surface area contributed by atoms with Crippen LogP contribution < -0.4 is 0 Å². The summed E-state index contributed by atoms with van der Waals surface area (Å²) in [4.78, 5) is 0. The quantitative estimate of drug-likeness (QED) is 0.511. The summed E-state index contributed by atoms with van der Waals surface area (Å²) in [6.45, 7) is 0. The van der Waals surface area contributed by atoms with Crippen LogP contribution in [0.3, 0.4) is 0 Å². The summed E-state index contributed by atoms with van der Waals surface area (Å²) < 4.78 is 14.9. The topological polar surface area (TPSA) is 30.7 Å². The SMILES string of the molecule is Cn1c(SCc2ccc(F)cc2Cl)nnc1-c1ccc(Cl)cc1Cl. The minimum atomic E-state index is -0.355. The van der Waals surface area contributed by atoms with Gasteiger partial charge in [-0.2, -0.15) is 0 Å². The molecule has 0 amide bonds. The normalized spacial score (nSPS) is 11.0. The minimum absolute atomic E-state index is 0.355. The van der Waals surface area contributed by atoms with Crippen LogP contribution in [0.1, 0.15) is 5.56 Å². The van der Waals surface area contributed by atoms with Crippen molar-refractivity contribution in [1.29, 1.82) is 0 Å². The van der Waals surface area contributed by atoms with Crippen LogP contribution in [0.25, 0.3) is 11.4 Å². The number of aromatic nitrogens is 3. The average molecular weight is 403 g/mol. The largest absolute Gasteiger partial charge is 0.305 e. The molecule has 0 unspecified atom stereocenters. The molecule has 0 aliphatic rings. The average Bonchev–Trinajstić information content (AvgIpc) is 2.88. The van der Waals surface area contributed by atoms with Crippen LogP contribution >= 0.6 is 46.6 Å². The fourth-order valence-electron chi connectivity index (χ4n) is 2.13. The van der Waals surface area contributed by atoms with Gasteiger partial charge in [-0.25, -0.2) is 4.39 Å². The molecule has 0 radical (unpaired) electrons. The molecule has 0 fully saturated rings. The molecule has 0 spiro atoms. The van der Waals surface area contributed by atoms with Crippen molar-refractivity contribution in [3.63, 3.8) is 0 Å². The lowest BCUT2D eigenvalue weighted by Crippen LogP contribution is -1.96. The second-order valence-corrected chi connectivity index (χ2v) is 7.21. The molecule has 3 nitrogen and oxygen atoms in total. The number of hydrogen-bond acceptors (Lipinski definition) is 3. The summed E-state index contributed by atoms with van der Waals surface area (Å²) in [6, 6.07) is 9.57. The van der Waals surface area contributed by atoms with E-state index >= 15 is 0 Å². The third-order valence-electron chi connectivity index (χ3n) is 3.38. The van der Waals surface area contributed by atoms with Gasteiger partial charge in [-0.05, 0) is 35.9 Å². The first-order chi connectivity index (χ1) is 11.5. The molecular weight excluding hydrogens is 392 g/mol. The van der Waals surface area contributed by atoms with E-state index in [0.717, 1.165) is 11.1 Å². The van der Waals surface area contributed by atoms with Crippen molar-refractivity contribution in [3.05, 3.63) is 62.8 Å². The summed E-state index contributed by atoms with van der Waals surface area (Å²) in [7, 11) is 1.86. The maximum absolute atomic E-state index is 13.1. The van der Waals surface area contributed by atoms with Gasteiger partial charge in [0.1, 0.15) is 5.82 Å². The van der Waals surface area contributed by atoms with Crippen LogP contribution in [-0.2, 0) is 12.8 Å². The molecule has 0 bridgehead atoms. The smallest absolute Gasteiger partial charge is 0.191 e. The molecule has 0 saturated carbocycles. The van der Waals surface area contributed by atoms with Gasteiger partial charge in [0.15, 0.2) is 11.0 Å². The molecular formula is C16H11Cl3FN3S. The minimum Gasteiger partial charge on any atom is -0.305 e. The van der Waals surface area contributed by atoms with Crippen molar-refractivity contribution in [1.82, 2.24) is 14.8 Å². The Morgan fingerprint density at radius 1 is 1.04 bits per heavy atom. The second-order valence-electron chi connectivity index (χ2n) is 5.01. The Kier molecular flexibility index (Phi) is 5.35. The molecule has 124 valence electrons. The van der Waals surface area contributed by atoms with Gasteiger partial charge < -0.3 is 4.57 Å². The fraction of sp³-hybridized carbons (Fsp3) is 0.125. The Hall–Kier alpha value is -1.27. The highest BCUT2D eigenvalue weighted by Crippen LogP contribution is 2.32. The predicted octanol–water partition coefficient (Wildman–Crippen LogP) is 5.87. The number of halogens is 4. The Labute approximate surface area is 157 Å². The predicted molar refractivity (Wildman–Crippen MR) is 97.4 cm³/mol. The van der Waals surface area contributed by atoms with Crippen molar-refractivity contribution < 1.29 is 4.39 Å². The second kappa shape index (κ2) is 7.31. The Balaban J connectivity index is 1.82. The van der Waals surface area contributed by atoms with Gasteiger partial charge in [-0.1, -0.05) is 52.6 Å². The van der Waals surface area contributed by atoms with Crippen molar-refractivity contribution in [2.75, 3.05) is 0 Å². The molecule has 0 saturated heterocycles. The Bertz CT molecular complexity index is 898. The van der Waals surface area contributed by atoms with Crippen LogP contribution in [0.2, 0.25) is 15.1 Å². The summed E-state index contributed by atoms with van der Waals surface area (Å²) in [5, 5.41) is 10.6. The molecule has 3 rings (SSSR count). The molecule has 0 aliphatic carbocycles. The van der Waals surface area contributed by atoms with Gasteiger partial charge in [0.2, 0.25) is 0 Å². The highest BCUT2D eigenvalue weighted by Gasteiger charge is 2.15. The van der Waals surface area contributed by atoms with Gasteiger partial charge >= 0.3 is 0 Å². The van der Waals surface area contributed by atoms with E-state index in [1.54, 1.807) is 24.3 Å². The van der Waals surface area contributed by atoms with Crippen molar-refractivity contribution in [2.24, 2.45) is 7.05 Å². The highest BCUT2D eigenvalue weighted by molar-refractivity contribution is 7.98. The Morgan fingerprint density at radius 2 is 1.83 bits per heavy atom. The van der Waals surface area contributed by atoms with E-state index in [-0.39, 0.29) is 5.82 Å². The number of nitrogens with zero attached hydrogens (tertiary/aromatic N) is 3. The lowest BCUT2D eigenvalue weighted by Gasteiger charge is -2.07. The lowest BCUT2D eigenvalue weighted by atomic mass is 10.2. The Morgan fingerprint density at radius 3 is 2.54 bits per heavy atom. The summed E-state index contributed by atoms with van der Waals surface area (Å²) in [5.41, 5.74) is 1.58. The van der Waals surface area contributed by atoms with E-state index < -0.39 is 0 Å². The zero-order chi connectivity index (χ0) is 17.3. The van der Waals surface area contributed by atoms with Crippen molar-refractivity contribution >= 4 is 46.6 Å². The molecule has 0 atom stereocenters. The van der Waals surface area contributed by atoms with Gasteiger partial charge in [0.25, 0.3) is 0 Å². The summed E-state index contributed by atoms with van der Waals surface area (Å²) in [6.07, 6.45) is 0. The highest BCUT2D eigenvalue weighted by atomic mass is 35.5. The third kappa shape index (κ3) is 3.70. The number of rotatable bonds is 4. The van der Waals surface area contributed by atoms with E-state index in [9.17, 15) is 4.39 Å². The van der Waals surface area contributed by atoms with E-state index in [2.05, 4.69) is 10.2 Å². The van der Waals surface area contributed by atoms with Crippen LogP contribution in [0, 0.1) is 5.82 Å². The van der Waals surface area contributed by atoms with Gasteiger partial charge in [0.05, 0.1) is 5.02 Å². The molecule has 3 aromatic rings. The van der Waals surface area contributed by atoms with Crippen LogP contribution in [-0.4, -0.2) is 14.8 Å². The van der Waals surface area contributed by atoms with E-state index in [1.165, 1.54) is 23.9 Å². The molecule has 0 aliphatic heterocycles. The number of benzene rings is 2. The summed E-state index contributed by atoms with van der Waals surface area (Å²) >= 11 is 19.7. The van der Waals surface area contributed by atoms with E-state index in [1.807, 2.05) is 11.6 Å². The van der Waals surface area contributed by atoms with Gasteiger partial charge in [0, 0.05) is 28.4 Å². The molecule has 8 heteroatoms. The van der Waals surface area contributed by atoms with Crippen LogP contribution in [0.4, 0.5) is 4.39 Å². The van der Waals surface area contributed by atoms with Crippen LogP contribution in [0.5, 0.6) is 0 Å². The van der Waals surface area contributed by atoms with E-state index in [0.29, 0.717) is 31.8 Å². The van der Waals surface area contributed by atoms with Crippen LogP contribution in [0.15, 0.2) is 41.6 Å². The maximum atomic E-state index is 13.1. The third-order valence-corrected chi connectivity index (χ3v) is 5.35. The first kappa shape index (κ1) is 17.5. The number of hydrogen-bond donors (Lipinski definition) is 0. The molecule has 2 aromatic carbocycles. The zero-order valence-electron chi connectivity index (χ0n) is 12.4. The maximum Gasteiger partial charge on any atom is 0.191 e. The standard InChI is InChI=1S/C16H11Cl3FN3S/c1-23-15(12-5-3-10(17)6-14(12)19)21-22-16(23)24-8-9-2-4-11(20)7-13(9)18/h2-7H,8H2,1H3. The molecule has 0 N–H and O–H groups in total. The molecule has 24 heavy (non-hydrogen) atoms. The number of thioether (sulfide) groups is 1. The zero-order valence-corrected chi connectivity index (χ0v) is 15.5. The fourth-order valence-corrected chi connectivity index (χ4v) is 3.85. The lowest BCUT2D eigenvalue weighted by molar-refractivity contribution is 0.627. The first-order valence-electron chi connectivity index (χ1n) is 6.87.